The number of rotatable bonds is 2. The number of nitrogens with zero attached hydrogens (tertiary/aromatic N) is 1. The van der Waals surface area contributed by atoms with E-state index >= 15 is 0 Å². The minimum absolute atomic E-state index is 0.00454. The molecule has 1 heterocycles. The van der Waals surface area contributed by atoms with Gasteiger partial charge in [0.25, 0.3) is 5.91 Å². The highest BCUT2D eigenvalue weighted by Crippen LogP contribution is 2.23. The van der Waals surface area contributed by atoms with Gasteiger partial charge in [-0.05, 0) is 18.6 Å². The fourth-order valence-electron chi connectivity index (χ4n) is 2.05. The van der Waals surface area contributed by atoms with Crippen molar-refractivity contribution < 1.29 is 18.7 Å². The Kier molecular flexibility index (Phi) is 3.60. The Morgan fingerprint density at radius 3 is 2.89 bits per heavy atom. The second kappa shape index (κ2) is 5.16. The highest BCUT2D eigenvalue weighted by molar-refractivity contribution is 5.99. The van der Waals surface area contributed by atoms with Crippen molar-refractivity contribution in [1.29, 1.82) is 0 Å². The predicted octanol–water partition coefficient (Wildman–Crippen LogP) is 1.64. The Morgan fingerprint density at radius 2 is 2.22 bits per heavy atom. The molecule has 0 N–H and O–H groups in total. The molecule has 2 rings (SSSR count). The summed E-state index contributed by atoms with van der Waals surface area (Å²) in [6, 6.07) is 4.22. The number of hydrogen-bond acceptors (Lipinski definition) is 3. The van der Waals surface area contributed by atoms with Crippen LogP contribution in [-0.4, -0.2) is 36.8 Å². The first-order valence-electron chi connectivity index (χ1n) is 5.77. The zero-order valence-electron chi connectivity index (χ0n) is 10.1. The van der Waals surface area contributed by atoms with Crippen LogP contribution in [0.15, 0.2) is 18.2 Å². The van der Waals surface area contributed by atoms with Gasteiger partial charge in [-0.2, -0.15) is 0 Å². The number of piperidine rings is 1. The van der Waals surface area contributed by atoms with Gasteiger partial charge in [0.1, 0.15) is 17.1 Å². The maximum absolute atomic E-state index is 13.7. The lowest BCUT2D eigenvalue weighted by Gasteiger charge is -2.26. The molecule has 0 spiro atoms. The van der Waals surface area contributed by atoms with Crippen LogP contribution >= 0.6 is 0 Å². The Bertz CT molecular complexity index is 487. The first-order chi connectivity index (χ1) is 8.63. The maximum atomic E-state index is 13.7. The minimum Gasteiger partial charge on any atom is -0.496 e. The van der Waals surface area contributed by atoms with E-state index in [-0.39, 0.29) is 23.6 Å². The zero-order valence-corrected chi connectivity index (χ0v) is 10.1. The van der Waals surface area contributed by atoms with Crippen LogP contribution in [0.25, 0.3) is 0 Å². The van der Waals surface area contributed by atoms with Crippen molar-refractivity contribution in [2.75, 3.05) is 20.2 Å². The van der Waals surface area contributed by atoms with Gasteiger partial charge in [-0.15, -0.1) is 0 Å². The van der Waals surface area contributed by atoms with Crippen LogP contribution < -0.4 is 4.74 Å². The van der Waals surface area contributed by atoms with Crippen molar-refractivity contribution >= 4 is 11.7 Å². The highest BCUT2D eigenvalue weighted by atomic mass is 19.1. The van der Waals surface area contributed by atoms with Crippen LogP contribution in [0.1, 0.15) is 23.2 Å². The molecule has 0 bridgehead atoms. The quantitative estimate of drug-likeness (QED) is 0.802. The van der Waals surface area contributed by atoms with E-state index in [0.717, 1.165) is 0 Å². The number of ketones is 1. The summed E-state index contributed by atoms with van der Waals surface area (Å²) >= 11 is 0. The Labute approximate surface area is 104 Å². The fraction of sp³-hybridized carbons (Fsp3) is 0.385. The van der Waals surface area contributed by atoms with Crippen LogP contribution in [0.2, 0.25) is 0 Å². The summed E-state index contributed by atoms with van der Waals surface area (Å²) in [5.41, 5.74) is -0.102. The summed E-state index contributed by atoms with van der Waals surface area (Å²) in [5.74, 6) is -0.918. The van der Waals surface area contributed by atoms with Crippen LogP contribution in [0.3, 0.4) is 0 Å². The molecule has 18 heavy (non-hydrogen) atoms. The molecule has 1 aromatic carbocycles. The average Bonchev–Trinajstić information content (AvgIpc) is 2.37. The predicted molar refractivity (Wildman–Crippen MR) is 63.1 cm³/mol. The van der Waals surface area contributed by atoms with Crippen LogP contribution in [-0.2, 0) is 4.79 Å². The van der Waals surface area contributed by atoms with Gasteiger partial charge in [0.05, 0.1) is 13.7 Å². The number of Topliss-reactive ketones (excluding diaryl/α,β-unsaturated/α-hetero) is 1. The molecule has 0 unspecified atom stereocenters. The third-order valence-electron chi connectivity index (χ3n) is 2.95. The number of ether oxygens (including phenoxy) is 1. The van der Waals surface area contributed by atoms with E-state index in [1.807, 2.05) is 0 Å². The molecule has 0 radical (unpaired) electrons. The summed E-state index contributed by atoms with van der Waals surface area (Å²) in [5, 5.41) is 0. The number of amides is 1. The van der Waals surface area contributed by atoms with E-state index in [1.54, 1.807) is 0 Å². The molecular formula is C13H14FNO3. The van der Waals surface area contributed by atoms with Crippen LogP contribution in [0.5, 0.6) is 5.75 Å². The number of halogens is 1. The number of carbonyl (C=O) groups excluding carboxylic acids is 2. The normalized spacial score (nSPS) is 15.7. The molecule has 5 heteroatoms. The van der Waals surface area contributed by atoms with E-state index in [4.69, 9.17) is 4.74 Å². The molecule has 4 nitrogen and oxygen atoms in total. The summed E-state index contributed by atoms with van der Waals surface area (Å²) in [4.78, 5) is 24.9. The largest absolute Gasteiger partial charge is 0.496 e. The summed E-state index contributed by atoms with van der Waals surface area (Å²) in [6.07, 6.45) is 1.11. The molecule has 0 aromatic heterocycles. The third-order valence-corrected chi connectivity index (χ3v) is 2.95. The Balaban J connectivity index is 2.30. The molecule has 0 atom stereocenters. The summed E-state index contributed by atoms with van der Waals surface area (Å²) in [7, 11) is 1.38. The lowest BCUT2D eigenvalue weighted by molar-refractivity contribution is -0.121. The first-order valence-corrected chi connectivity index (χ1v) is 5.77. The SMILES string of the molecule is COc1cccc(F)c1C(=O)N1CCCC(=O)C1. The fourth-order valence-corrected chi connectivity index (χ4v) is 2.05. The Morgan fingerprint density at radius 1 is 1.44 bits per heavy atom. The first kappa shape index (κ1) is 12.5. The second-order valence-corrected chi connectivity index (χ2v) is 4.19. The molecule has 1 fully saturated rings. The standard InChI is InChI=1S/C13H14FNO3/c1-18-11-6-2-5-10(14)12(11)13(17)15-7-3-4-9(16)8-15/h2,5-6H,3-4,7-8H2,1H3. The molecule has 0 saturated carbocycles. The van der Waals surface area contributed by atoms with Crippen molar-refractivity contribution in [1.82, 2.24) is 4.90 Å². The van der Waals surface area contributed by atoms with E-state index in [0.29, 0.717) is 19.4 Å². The summed E-state index contributed by atoms with van der Waals surface area (Å²) < 4.78 is 18.7. The average molecular weight is 251 g/mol. The molecule has 1 saturated heterocycles. The molecule has 1 aliphatic rings. The zero-order chi connectivity index (χ0) is 13.1. The second-order valence-electron chi connectivity index (χ2n) is 4.19. The number of likely N-dealkylation sites (tertiary alicyclic amines) is 1. The van der Waals surface area contributed by atoms with Crippen molar-refractivity contribution in [3.63, 3.8) is 0 Å². The number of benzene rings is 1. The van der Waals surface area contributed by atoms with E-state index < -0.39 is 11.7 Å². The lowest BCUT2D eigenvalue weighted by atomic mass is 10.1. The number of methoxy groups -OCH3 is 1. The van der Waals surface area contributed by atoms with Gasteiger partial charge in [-0.1, -0.05) is 6.07 Å². The molecule has 1 amide bonds. The van der Waals surface area contributed by atoms with E-state index in [9.17, 15) is 14.0 Å². The van der Waals surface area contributed by atoms with E-state index in [2.05, 4.69) is 0 Å². The highest BCUT2D eigenvalue weighted by Gasteiger charge is 2.27. The van der Waals surface area contributed by atoms with Crippen molar-refractivity contribution in [3.8, 4) is 5.75 Å². The molecular weight excluding hydrogens is 237 g/mol. The third kappa shape index (κ3) is 2.34. The van der Waals surface area contributed by atoms with Gasteiger partial charge in [0.15, 0.2) is 5.78 Å². The van der Waals surface area contributed by atoms with Crippen molar-refractivity contribution in [2.45, 2.75) is 12.8 Å². The molecule has 0 aliphatic carbocycles. The molecule has 1 aliphatic heterocycles. The van der Waals surface area contributed by atoms with Gasteiger partial charge in [0.2, 0.25) is 0 Å². The minimum atomic E-state index is -0.627. The maximum Gasteiger partial charge on any atom is 0.261 e. The molecule has 96 valence electrons. The van der Waals surface area contributed by atoms with Crippen molar-refractivity contribution in [2.24, 2.45) is 0 Å². The van der Waals surface area contributed by atoms with Gasteiger partial charge in [0, 0.05) is 13.0 Å². The van der Waals surface area contributed by atoms with E-state index in [1.165, 1.54) is 30.2 Å². The summed E-state index contributed by atoms with van der Waals surface area (Å²) in [6.45, 7) is 0.526. The van der Waals surface area contributed by atoms with Gasteiger partial charge < -0.3 is 9.64 Å². The topological polar surface area (TPSA) is 46.6 Å². The number of hydrogen-bond donors (Lipinski definition) is 0. The lowest BCUT2D eigenvalue weighted by Crippen LogP contribution is -2.40. The van der Waals surface area contributed by atoms with Crippen molar-refractivity contribution in [3.05, 3.63) is 29.6 Å². The van der Waals surface area contributed by atoms with Crippen LogP contribution in [0, 0.1) is 5.82 Å². The van der Waals surface area contributed by atoms with Crippen LogP contribution in [0.4, 0.5) is 4.39 Å². The molecule has 1 aromatic rings. The van der Waals surface area contributed by atoms with Gasteiger partial charge >= 0.3 is 0 Å². The van der Waals surface area contributed by atoms with Gasteiger partial charge in [-0.25, -0.2) is 4.39 Å². The monoisotopic (exact) mass is 251 g/mol. The van der Waals surface area contributed by atoms with Gasteiger partial charge in [-0.3, -0.25) is 9.59 Å². The Hall–Kier alpha value is -1.91. The number of carbonyl (C=O) groups is 2. The smallest absolute Gasteiger partial charge is 0.261 e.